The smallest absolute Gasteiger partial charge is 0.311 e. The number of carboxylic acid groups (broad SMARTS) is 1. The number of hydrogen-bond donors (Lipinski definition) is 3. The van der Waals surface area contributed by atoms with E-state index in [9.17, 15) is 57.8 Å². The Bertz CT molecular complexity index is 2550. The molecule has 76 heavy (non-hydrogen) atoms. The Morgan fingerprint density at radius 2 is 1.42 bits per heavy atom. The monoisotopic (exact) mass is 1080 g/mol. The van der Waals surface area contributed by atoms with Crippen LogP contribution in [0.4, 0.5) is 5.69 Å². The van der Waals surface area contributed by atoms with Gasteiger partial charge in [0.1, 0.15) is 10.7 Å². The van der Waals surface area contributed by atoms with E-state index in [2.05, 4.69) is 15.6 Å². The predicted molar refractivity (Wildman–Crippen MR) is 280 cm³/mol. The largest absolute Gasteiger partial charge is 0.481 e. The number of anilines is 1. The van der Waals surface area contributed by atoms with Gasteiger partial charge in [0.05, 0.1) is 17.1 Å². The lowest BCUT2D eigenvalue weighted by Crippen LogP contribution is -2.50. The summed E-state index contributed by atoms with van der Waals surface area (Å²) in [4.78, 5) is 151. The Balaban J connectivity index is 1.57. The molecule has 2 aliphatic heterocycles. The number of hydrogen-bond acceptors (Lipinski definition) is 16. The van der Waals surface area contributed by atoms with E-state index < -0.39 is 88.9 Å². The Morgan fingerprint density at radius 1 is 0.842 bits per heavy atom. The second-order valence-electron chi connectivity index (χ2n) is 20.5. The molecule has 22 heteroatoms. The molecule has 0 saturated heterocycles. The summed E-state index contributed by atoms with van der Waals surface area (Å²) < 4.78 is 11.4. The summed E-state index contributed by atoms with van der Waals surface area (Å²) in [7, 11) is 5.31. The number of ether oxygens (including phenoxy) is 2. The average molecular weight is 1080 g/mol. The molecular formula is C54H73N7O14S. The number of aliphatic carboxylic acids is 1. The van der Waals surface area contributed by atoms with E-state index in [4.69, 9.17) is 9.47 Å². The van der Waals surface area contributed by atoms with Crippen LogP contribution in [-0.2, 0) is 59.1 Å². The number of carbonyl (C=O) groups is 11. The first-order valence-corrected chi connectivity index (χ1v) is 26.4. The molecule has 2 aromatic rings. The maximum atomic E-state index is 14.4. The molecule has 0 radical (unpaired) electrons. The molecule has 3 N–H and O–H groups in total. The molecule has 7 amide bonds. The first kappa shape index (κ1) is 61.6. The number of Topliss-reactive ketones (excluding diaryl/α,β-unsaturated/α-hetero) is 1. The van der Waals surface area contributed by atoms with Gasteiger partial charge < -0.3 is 30.1 Å². The number of esters is 2. The molecule has 3 heterocycles. The lowest BCUT2D eigenvalue weighted by molar-refractivity contribution is -0.150. The van der Waals surface area contributed by atoms with Gasteiger partial charge in [-0.15, -0.1) is 11.3 Å². The molecular weight excluding hydrogens is 1000 g/mol. The van der Waals surface area contributed by atoms with E-state index >= 15 is 0 Å². The van der Waals surface area contributed by atoms with Crippen LogP contribution in [-0.4, -0.2) is 147 Å². The summed E-state index contributed by atoms with van der Waals surface area (Å²) in [5, 5.41) is 17.3. The van der Waals surface area contributed by atoms with Crippen molar-refractivity contribution in [3.8, 4) is 5.75 Å². The number of carboxylic acids is 1. The summed E-state index contributed by atoms with van der Waals surface area (Å²) in [6.07, 6.45) is 4.17. The second kappa shape index (κ2) is 27.7. The van der Waals surface area contributed by atoms with Crippen LogP contribution in [0.15, 0.2) is 47.9 Å². The highest BCUT2D eigenvalue weighted by Gasteiger charge is 2.39. The van der Waals surface area contributed by atoms with Crippen LogP contribution in [0.2, 0.25) is 0 Å². The van der Waals surface area contributed by atoms with Crippen molar-refractivity contribution in [1.29, 1.82) is 0 Å². The number of ketones is 1. The lowest BCUT2D eigenvalue weighted by Gasteiger charge is -2.38. The minimum atomic E-state index is -1.12. The third kappa shape index (κ3) is 17.0. The van der Waals surface area contributed by atoms with Crippen LogP contribution in [0.3, 0.4) is 0 Å². The van der Waals surface area contributed by atoms with Crippen molar-refractivity contribution in [3.63, 3.8) is 0 Å². The Morgan fingerprint density at radius 3 is 1.95 bits per heavy atom. The van der Waals surface area contributed by atoms with Gasteiger partial charge >= 0.3 is 17.9 Å². The van der Waals surface area contributed by atoms with Crippen LogP contribution < -0.4 is 15.4 Å². The maximum absolute atomic E-state index is 14.4. The number of thiazole rings is 1. The highest BCUT2D eigenvalue weighted by atomic mass is 32.1. The van der Waals surface area contributed by atoms with Crippen LogP contribution in [0, 0.1) is 23.7 Å². The number of aromatic nitrogens is 1. The van der Waals surface area contributed by atoms with Crippen molar-refractivity contribution in [2.75, 3.05) is 39.5 Å². The van der Waals surface area contributed by atoms with E-state index in [-0.39, 0.29) is 110 Å². The zero-order valence-corrected chi connectivity index (χ0v) is 46.2. The van der Waals surface area contributed by atoms with E-state index in [0.29, 0.717) is 12.0 Å². The summed E-state index contributed by atoms with van der Waals surface area (Å²) in [5.74, 6) is -7.87. The van der Waals surface area contributed by atoms with Crippen LogP contribution in [0.1, 0.15) is 134 Å². The van der Waals surface area contributed by atoms with Crippen molar-refractivity contribution in [2.24, 2.45) is 23.7 Å². The fraction of sp³-hybridized carbons (Fsp3) is 0.556. The lowest BCUT2D eigenvalue weighted by atomic mass is 9.81. The minimum Gasteiger partial charge on any atom is -0.481 e. The molecule has 1 unspecified atom stereocenters. The first-order valence-electron chi connectivity index (χ1n) is 25.5. The van der Waals surface area contributed by atoms with E-state index in [1.54, 1.807) is 18.0 Å². The number of amides is 7. The standard InChI is InChI=1S/C54H73N7O14S/c1-12-32(4)37(28-43(63)54(7,8)58(9)10)52(71)59(11)40(31(2)3)29-42(74-34(6)62)51-57-39(30-76-51)50(70)55-36(25-33(5)53(72)73)26-35-17-18-41(75-49(69)16-14-24-61-47(67)21-22-48(61)68)38(27-35)56-44(64)15-13-23-60-45(65)19-20-46(60)66/h17-22,27,30-33,36-37,40,42H,12-16,23-26,28-29H2,1-11H3,(H,55,70)(H,56,64)(H,72,73)/t32-,33?,36+,37-,40+,42+/m0/s1. The molecule has 1 aromatic heterocycles. The normalized spacial score (nSPS) is 15.9. The molecule has 6 atom stereocenters. The van der Waals surface area contributed by atoms with Crippen LogP contribution >= 0.6 is 11.3 Å². The second-order valence-corrected chi connectivity index (χ2v) is 21.4. The Hall–Kier alpha value is -6.94. The van der Waals surface area contributed by atoms with Crippen molar-refractivity contribution >= 4 is 82.1 Å². The molecule has 0 fully saturated rings. The zero-order chi connectivity index (χ0) is 56.8. The zero-order valence-electron chi connectivity index (χ0n) is 45.3. The molecule has 0 spiro atoms. The van der Waals surface area contributed by atoms with Crippen molar-refractivity contribution in [1.82, 2.24) is 29.9 Å². The summed E-state index contributed by atoms with van der Waals surface area (Å²) >= 11 is 1.07. The van der Waals surface area contributed by atoms with E-state index in [0.717, 1.165) is 45.4 Å². The van der Waals surface area contributed by atoms with E-state index in [1.165, 1.54) is 31.4 Å². The van der Waals surface area contributed by atoms with Crippen LogP contribution in [0.25, 0.3) is 0 Å². The van der Waals surface area contributed by atoms with Crippen LogP contribution in [0.5, 0.6) is 5.75 Å². The summed E-state index contributed by atoms with van der Waals surface area (Å²) in [6.45, 7) is 14.1. The number of carbonyl (C=O) groups excluding carboxylic acids is 10. The van der Waals surface area contributed by atoms with Gasteiger partial charge in [0, 0.05) is 100 Å². The van der Waals surface area contributed by atoms with E-state index in [1.807, 2.05) is 60.5 Å². The molecule has 0 saturated carbocycles. The Labute approximate surface area is 447 Å². The van der Waals surface area contributed by atoms with Gasteiger partial charge in [-0.25, -0.2) is 4.98 Å². The fourth-order valence-corrected chi connectivity index (χ4v) is 9.44. The molecule has 4 rings (SSSR count). The third-order valence-electron chi connectivity index (χ3n) is 14.0. The van der Waals surface area contributed by atoms with Crippen molar-refractivity contribution in [2.45, 2.75) is 137 Å². The van der Waals surface area contributed by atoms with Crippen molar-refractivity contribution in [3.05, 3.63) is 64.1 Å². The first-order chi connectivity index (χ1) is 35.6. The SMILES string of the molecule is CC[C@H](C)[C@H](CC(=O)C(C)(C)N(C)C)C(=O)N(C)[C@H](C[C@@H](OC(C)=O)c1nc(C(=O)N[C@@H](Cc2ccc(OC(=O)CCCN3C(=O)C=CC3=O)c(NC(=O)CCCN3C(=O)C=CC3=O)c2)CC(C)C(=O)O)cs1)C(C)C. The molecule has 1 aromatic carbocycles. The van der Waals surface area contributed by atoms with Gasteiger partial charge in [0.15, 0.2) is 17.6 Å². The van der Waals surface area contributed by atoms with Gasteiger partial charge in [0.2, 0.25) is 11.8 Å². The van der Waals surface area contributed by atoms with Gasteiger partial charge in [-0.1, -0.05) is 47.1 Å². The fourth-order valence-electron chi connectivity index (χ4n) is 8.60. The summed E-state index contributed by atoms with van der Waals surface area (Å²) in [6, 6.07) is 3.14. The molecule has 0 bridgehead atoms. The number of likely N-dealkylation sites (N-methyl/N-ethyl adjacent to an activating group) is 1. The predicted octanol–water partition coefficient (Wildman–Crippen LogP) is 5.29. The Kier molecular flexibility index (Phi) is 22.5. The molecule has 0 aliphatic carbocycles. The number of nitrogens with one attached hydrogen (secondary N) is 2. The van der Waals surface area contributed by atoms with Crippen molar-refractivity contribution < 1.29 is 67.3 Å². The highest BCUT2D eigenvalue weighted by Crippen LogP contribution is 2.34. The molecule has 2 aliphatic rings. The van der Waals surface area contributed by atoms with Gasteiger partial charge in [0.25, 0.3) is 29.5 Å². The molecule has 414 valence electrons. The minimum absolute atomic E-state index is 0.0119. The van der Waals surface area contributed by atoms with Gasteiger partial charge in [-0.2, -0.15) is 0 Å². The third-order valence-corrected chi connectivity index (χ3v) is 15.0. The maximum Gasteiger partial charge on any atom is 0.311 e. The molecule has 21 nitrogen and oxygen atoms in total. The number of benzene rings is 1. The quantitative estimate of drug-likeness (QED) is 0.0509. The topological polar surface area (TPSA) is 276 Å². The van der Waals surface area contributed by atoms with Gasteiger partial charge in [-0.05, 0) is 83.2 Å². The number of imide groups is 2. The highest BCUT2D eigenvalue weighted by molar-refractivity contribution is 7.09. The number of rotatable bonds is 30. The summed E-state index contributed by atoms with van der Waals surface area (Å²) in [5.41, 5.74) is -0.331. The van der Waals surface area contributed by atoms with Gasteiger partial charge in [-0.3, -0.25) is 67.4 Å². The number of nitrogens with zero attached hydrogens (tertiary/aromatic N) is 5. The average Bonchev–Trinajstić information content (AvgIpc) is 4.06.